The Labute approximate surface area is 117 Å². The first kappa shape index (κ1) is 14.2. The molecule has 1 aromatic heterocycles. The molecule has 1 heterocycles. The largest absolute Gasteiger partial charge is 0.395 e. The van der Waals surface area contributed by atoms with Gasteiger partial charge in [-0.3, -0.25) is 0 Å². The van der Waals surface area contributed by atoms with Crippen LogP contribution in [0.2, 0.25) is 0 Å². The molecule has 1 atom stereocenters. The Morgan fingerprint density at radius 3 is 2.95 bits per heavy atom. The van der Waals surface area contributed by atoms with Crippen LogP contribution in [0.25, 0.3) is 10.9 Å². The summed E-state index contributed by atoms with van der Waals surface area (Å²) in [7, 11) is 0. The third kappa shape index (κ3) is 3.89. The Kier molecular flexibility index (Phi) is 5.57. The molecule has 1 aromatic carbocycles. The molecule has 0 spiro atoms. The van der Waals surface area contributed by atoms with Crippen LogP contribution in [0.15, 0.2) is 35.6 Å². The summed E-state index contributed by atoms with van der Waals surface area (Å²) in [6.45, 7) is 3.11. The summed E-state index contributed by atoms with van der Waals surface area (Å²) in [6, 6.07) is 8.20. The Hall–Kier alpha value is -1.17. The topological polar surface area (TPSA) is 58.0 Å². The number of thioether (sulfide) groups is 1. The molecular weight excluding hydrogens is 258 g/mol. The number of para-hydroxylation sites is 1. The molecule has 19 heavy (non-hydrogen) atoms. The molecule has 5 heteroatoms. The van der Waals surface area contributed by atoms with Crippen LogP contribution in [-0.2, 0) is 0 Å². The number of nitrogens with zero attached hydrogens (tertiary/aromatic N) is 2. The lowest BCUT2D eigenvalue weighted by Gasteiger charge is -2.14. The van der Waals surface area contributed by atoms with Crippen LogP contribution in [-0.4, -0.2) is 40.0 Å². The van der Waals surface area contributed by atoms with Crippen molar-refractivity contribution in [1.82, 2.24) is 15.3 Å². The second-order valence-corrected chi connectivity index (χ2v) is 5.35. The standard InChI is InChI=1S/C14H19N3OS/c1-2-15-11(9-18)7-8-19-14-12-5-3-4-6-13(12)16-10-17-14/h3-6,10-11,15,18H,2,7-9H2,1H3. The van der Waals surface area contributed by atoms with E-state index in [4.69, 9.17) is 0 Å². The number of likely N-dealkylation sites (N-methyl/N-ethyl adjacent to an activating group) is 1. The zero-order chi connectivity index (χ0) is 13.5. The molecule has 0 fully saturated rings. The fourth-order valence-corrected chi connectivity index (χ4v) is 2.99. The zero-order valence-corrected chi connectivity index (χ0v) is 11.9. The van der Waals surface area contributed by atoms with Crippen LogP contribution in [0.3, 0.4) is 0 Å². The molecular formula is C14H19N3OS. The molecule has 0 aliphatic heterocycles. The molecule has 2 aromatic rings. The summed E-state index contributed by atoms with van der Waals surface area (Å²) in [6.07, 6.45) is 2.53. The van der Waals surface area contributed by atoms with Gasteiger partial charge in [-0.25, -0.2) is 9.97 Å². The summed E-state index contributed by atoms with van der Waals surface area (Å²) in [5.41, 5.74) is 0.977. The lowest BCUT2D eigenvalue weighted by molar-refractivity contribution is 0.242. The van der Waals surface area contributed by atoms with Gasteiger partial charge >= 0.3 is 0 Å². The second kappa shape index (κ2) is 7.43. The van der Waals surface area contributed by atoms with Crippen LogP contribution >= 0.6 is 11.8 Å². The zero-order valence-electron chi connectivity index (χ0n) is 11.0. The number of benzene rings is 1. The number of aromatic nitrogens is 2. The summed E-state index contributed by atoms with van der Waals surface area (Å²) in [4.78, 5) is 8.60. The van der Waals surface area contributed by atoms with E-state index in [1.807, 2.05) is 31.2 Å². The molecule has 0 saturated carbocycles. The maximum absolute atomic E-state index is 9.23. The van der Waals surface area contributed by atoms with E-state index in [0.717, 1.165) is 34.6 Å². The first-order chi connectivity index (χ1) is 9.35. The normalized spacial score (nSPS) is 12.7. The fourth-order valence-electron chi connectivity index (χ4n) is 1.94. The van der Waals surface area contributed by atoms with E-state index in [0.29, 0.717) is 0 Å². The van der Waals surface area contributed by atoms with Crippen molar-refractivity contribution < 1.29 is 5.11 Å². The number of rotatable bonds is 7. The number of aliphatic hydroxyl groups excluding tert-OH is 1. The van der Waals surface area contributed by atoms with Gasteiger partial charge in [-0.05, 0) is 19.0 Å². The van der Waals surface area contributed by atoms with E-state index >= 15 is 0 Å². The van der Waals surface area contributed by atoms with Gasteiger partial charge in [-0.1, -0.05) is 25.1 Å². The van der Waals surface area contributed by atoms with Crippen LogP contribution < -0.4 is 5.32 Å². The minimum absolute atomic E-state index is 0.172. The van der Waals surface area contributed by atoms with Crippen LogP contribution in [0, 0.1) is 0 Å². The molecule has 102 valence electrons. The van der Waals surface area contributed by atoms with Gasteiger partial charge in [0.25, 0.3) is 0 Å². The first-order valence-electron chi connectivity index (χ1n) is 6.52. The molecule has 2 rings (SSSR count). The van der Waals surface area contributed by atoms with Gasteiger partial charge in [-0.15, -0.1) is 11.8 Å². The van der Waals surface area contributed by atoms with Gasteiger partial charge < -0.3 is 10.4 Å². The van der Waals surface area contributed by atoms with Gasteiger partial charge in [0.1, 0.15) is 11.4 Å². The van der Waals surface area contributed by atoms with Crippen molar-refractivity contribution >= 4 is 22.7 Å². The summed E-state index contributed by atoms with van der Waals surface area (Å²) >= 11 is 1.72. The van der Waals surface area contributed by atoms with E-state index < -0.39 is 0 Å². The highest BCUT2D eigenvalue weighted by Gasteiger charge is 2.07. The van der Waals surface area contributed by atoms with E-state index in [-0.39, 0.29) is 12.6 Å². The average molecular weight is 277 g/mol. The maximum atomic E-state index is 9.23. The number of fused-ring (bicyclic) bond motifs is 1. The van der Waals surface area contributed by atoms with Gasteiger partial charge in [0, 0.05) is 17.2 Å². The average Bonchev–Trinajstić information content (AvgIpc) is 2.46. The predicted octanol–water partition coefficient (Wildman–Crippen LogP) is 2.08. The van der Waals surface area contributed by atoms with Crippen molar-refractivity contribution in [3.8, 4) is 0 Å². The molecule has 0 amide bonds. The number of nitrogens with one attached hydrogen (secondary N) is 1. The monoisotopic (exact) mass is 277 g/mol. The van der Waals surface area contributed by atoms with Crippen molar-refractivity contribution in [3.05, 3.63) is 30.6 Å². The van der Waals surface area contributed by atoms with Gasteiger partial charge in [0.05, 0.1) is 12.1 Å². The summed E-state index contributed by atoms with van der Waals surface area (Å²) < 4.78 is 0. The van der Waals surface area contributed by atoms with Gasteiger partial charge in [0.15, 0.2) is 0 Å². The van der Waals surface area contributed by atoms with Crippen molar-refractivity contribution in [2.45, 2.75) is 24.4 Å². The Morgan fingerprint density at radius 1 is 1.32 bits per heavy atom. The number of hydrogen-bond acceptors (Lipinski definition) is 5. The van der Waals surface area contributed by atoms with Gasteiger partial charge in [0.2, 0.25) is 0 Å². The molecule has 0 radical (unpaired) electrons. The number of aliphatic hydroxyl groups is 1. The van der Waals surface area contributed by atoms with Crippen molar-refractivity contribution in [1.29, 1.82) is 0 Å². The molecule has 0 saturated heterocycles. The minimum atomic E-state index is 0.172. The SMILES string of the molecule is CCNC(CO)CCSc1ncnc2ccccc12. The summed E-state index contributed by atoms with van der Waals surface area (Å²) in [5.74, 6) is 0.930. The second-order valence-electron chi connectivity index (χ2n) is 4.27. The highest BCUT2D eigenvalue weighted by Crippen LogP contribution is 2.24. The van der Waals surface area contributed by atoms with E-state index in [9.17, 15) is 5.11 Å². The molecule has 0 aliphatic carbocycles. The Morgan fingerprint density at radius 2 is 2.16 bits per heavy atom. The third-order valence-electron chi connectivity index (χ3n) is 2.92. The van der Waals surface area contributed by atoms with Crippen LogP contribution in [0.5, 0.6) is 0 Å². The minimum Gasteiger partial charge on any atom is -0.395 e. The highest BCUT2D eigenvalue weighted by atomic mass is 32.2. The van der Waals surface area contributed by atoms with Crippen LogP contribution in [0.4, 0.5) is 0 Å². The van der Waals surface area contributed by atoms with E-state index in [2.05, 4.69) is 15.3 Å². The Balaban J connectivity index is 1.98. The smallest absolute Gasteiger partial charge is 0.117 e. The number of hydrogen-bond donors (Lipinski definition) is 2. The van der Waals surface area contributed by atoms with E-state index in [1.54, 1.807) is 18.1 Å². The lowest BCUT2D eigenvalue weighted by Crippen LogP contribution is -2.32. The van der Waals surface area contributed by atoms with Crippen molar-refractivity contribution in [2.24, 2.45) is 0 Å². The van der Waals surface area contributed by atoms with E-state index in [1.165, 1.54) is 0 Å². The summed E-state index contributed by atoms with van der Waals surface area (Å²) in [5, 5.41) is 14.6. The molecule has 4 nitrogen and oxygen atoms in total. The molecule has 1 unspecified atom stereocenters. The Bertz CT molecular complexity index is 516. The highest BCUT2D eigenvalue weighted by molar-refractivity contribution is 7.99. The molecule has 2 N–H and O–H groups in total. The molecule has 0 bridgehead atoms. The first-order valence-corrected chi connectivity index (χ1v) is 7.50. The van der Waals surface area contributed by atoms with Crippen LogP contribution in [0.1, 0.15) is 13.3 Å². The predicted molar refractivity (Wildman–Crippen MR) is 79.4 cm³/mol. The fraction of sp³-hybridized carbons (Fsp3) is 0.429. The van der Waals surface area contributed by atoms with Crippen molar-refractivity contribution in [2.75, 3.05) is 18.9 Å². The maximum Gasteiger partial charge on any atom is 0.117 e. The third-order valence-corrected chi connectivity index (χ3v) is 3.96. The van der Waals surface area contributed by atoms with Crippen molar-refractivity contribution in [3.63, 3.8) is 0 Å². The molecule has 0 aliphatic rings. The van der Waals surface area contributed by atoms with Gasteiger partial charge in [-0.2, -0.15) is 0 Å². The lowest BCUT2D eigenvalue weighted by atomic mass is 10.2. The quantitative estimate of drug-likeness (QED) is 0.599.